The van der Waals surface area contributed by atoms with Gasteiger partial charge in [0, 0.05) is 61.2 Å². The first-order valence-electron chi connectivity index (χ1n) is 20.1. The van der Waals surface area contributed by atoms with E-state index in [0.29, 0.717) is 55.5 Å². The van der Waals surface area contributed by atoms with Crippen molar-refractivity contribution in [3.63, 3.8) is 0 Å². The summed E-state index contributed by atoms with van der Waals surface area (Å²) in [7, 11) is 0. The number of halogens is 3. The van der Waals surface area contributed by atoms with Gasteiger partial charge in [0.2, 0.25) is 11.8 Å². The first-order valence-corrected chi connectivity index (χ1v) is 20.5. The summed E-state index contributed by atoms with van der Waals surface area (Å²) >= 11 is 6.20. The fourth-order valence-electron chi connectivity index (χ4n) is 9.33. The molecule has 0 aromatic heterocycles. The van der Waals surface area contributed by atoms with Crippen molar-refractivity contribution in [2.75, 3.05) is 44.2 Å². The molecule has 2 saturated heterocycles. The lowest BCUT2D eigenvalue weighted by Crippen LogP contribution is -2.74. The number of nitrogens with one attached hydrogen (secondary N) is 2. The van der Waals surface area contributed by atoms with Gasteiger partial charge in [0.15, 0.2) is 0 Å². The molecule has 3 aliphatic heterocycles. The zero-order valence-electron chi connectivity index (χ0n) is 33.9. The molecule has 316 valence electrons. The highest BCUT2D eigenvalue weighted by molar-refractivity contribution is 6.31. The van der Waals surface area contributed by atoms with Gasteiger partial charge in [0.25, 0.3) is 17.7 Å². The molecule has 2 N–H and O–H groups in total. The predicted molar refractivity (Wildman–Crippen MR) is 217 cm³/mol. The zero-order valence-corrected chi connectivity index (χ0v) is 34.7. The van der Waals surface area contributed by atoms with Crippen molar-refractivity contribution in [2.24, 2.45) is 10.8 Å². The smallest absolute Gasteiger partial charge is 0.262 e. The van der Waals surface area contributed by atoms with Gasteiger partial charge in [0.05, 0.1) is 28.3 Å². The van der Waals surface area contributed by atoms with Crippen LogP contribution < -0.4 is 25.0 Å². The number of nitrogens with zero attached hydrogens (tertiary/aromatic N) is 4. The number of unbranched alkanes of at least 4 members (excludes halogenated alkanes) is 2. The van der Waals surface area contributed by atoms with Gasteiger partial charge in [-0.25, -0.2) is 8.78 Å². The number of piperidine rings is 1. The van der Waals surface area contributed by atoms with E-state index in [0.717, 1.165) is 30.7 Å². The Labute approximate surface area is 351 Å². The number of carbonyl (C=O) groups excluding carboxylic acids is 5. The second kappa shape index (κ2) is 16.8. The van der Waals surface area contributed by atoms with Gasteiger partial charge in [-0.05, 0) is 74.7 Å². The van der Waals surface area contributed by atoms with E-state index in [-0.39, 0.29) is 35.1 Å². The molecule has 16 heteroatoms. The molecule has 60 heavy (non-hydrogen) atoms. The number of ether oxygens (including phenoxy) is 2. The van der Waals surface area contributed by atoms with Crippen molar-refractivity contribution >= 4 is 46.8 Å². The number of hydrogen-bond acceptors (Lipinski definition) is 10. The third-order valence-electron chi connectivity index (χ3n) is 12.2. The van der Waals surface area contributed by atoms with Crippen LogP contribution in [0.3, 0.4) is 0 Å². The Kier molecular flexibility index (Phi) is 11.9. The summed E-state index contributed by atoms with van der Waals surface area (Å²) in [6.07, 6.45) is 2.29. The lowest BCUT2D eigenvalue weighted by atomic mass is 9.49. The molecule has 0 bridgehead atoms. The van der Waals surface area contributed by atoms with Crippen molar-refractivity contribution in [1.29, 1.82) is 5.26 Å². The second-order valence-electron chi connectivity index (χ2n) is 17.0. The first kappa shape index (κ1) is 42.5. The fourth-order valence-corrected chi connectivity index (χ4v) is 9.54. The minimum atomic E-state index is -1.03. The maximum Gasteiger partial charge on any atom is 0.262 e. The number of carbonyl (C=O) groups is 5. The van der Waals surface area contributed by atoms with E-state index in [2.05, 4.69) is 15.5 Å². The third kappa shape index (κ3) is 8.14. The Hall–Kier alpha value is -5.59. The highest BCUT2D eigenvalue weighted by Crippen LogP contribution is 2.55. The summed E-state index contributed by atoms with van der Waals surface area (Å²) in [6, 6.07) is 12.4. The third-order valence-corrected chi connectivity index (χ3v) is 12.5. The molecule has 1 atom stereocenters. The standard InChI is InChI=1S/C44H47ClF2N6O7/c1-43(2)41(44(3,4)42(43)60-28-9-8-25(24-48)31(45)23-28)50-38(56)36-32(46)20-26(21-33(36)47)52-17-15-51(16-18-52)14-6-5-7-19-59-27-10-11-29-30(22-27)40(58)53(39(29)57)34-12-13-35(54)49-37(34)55/h8-11,20-23,34,41-42H,5-7,12-19H2,1-4H3,(H,50,56)(H,49,54,55)/t34?,41-,42-. The molecule has 4 aliphatic rings. The summed E-state index contributed by atoms with van der Waals surface area (Å²) in [5.41, 5.74) is -0.790. The Morgan fingerprint density at radius 2 is 1.57 bits per heavy atom. The van der Waals surface area contributed by atoms with E-state index >= 15 is 8.78 Å². The van der Waals surface area contributed by atoms with E-state index in [1.54, 1.807) is 24.3 Å². The number of hydrogen-bond donors (Lipinski definition) is 2. The van der Waals surface area contributed by atoms with Crippen LogP contribution in [0, 0.1) is 33.8 Å². The molecule has 1 saturated carbocycles. The Morgan fingerprint density at radius 3 is 2.22 bits per heavy atom. The largest absolute Gasteiger partial charge is 0.494 e. The van der Waals surface area contributed by atoms with Gasteiger partial charge in [-0.2, -0.15) is 5.26 Å². The van der Waals surface area contributed by atoms with Gasteiger partial charge in [-0.15, -0.1) is 0 Å². The number of amides is 5. The molecule has 3 fully saturated rings. The van der Waals surface area contributed by atoms with Crippen LogP contribution in [0.5, 0.6) is 11.5 Å². The maximum atomic E-state index is 15.5. The average molecular weight is 845 g/mol. The fraction of sp³-hybridized carbons (Fsp3) is 0.455. The van der Waals surface area contributed by atoms with Crippen molar-refractivity contribution in [1.82, 2.24) is 20.4 Å². The normalized spacial score (nSPS) is 22.1. The van der Waals surface area contributed by atoms with Crippen LogP contribution >= 0.6 is 11.6 Å². The first-order chi connectivity index (χ1) is 28.5. The van der Waals surface area contributed by atoms with Crippen molar-refractivity contribution < 1.29 is 42.2 Å². The average Bonchev–Trinajstić information content (AvgIpc) is 3.44. The van der Waals surface area contributed by atoms with Gasteiger partial charge in [-0.1, -0.05) is 39.3 Å². The quantitative estimate of drug-likeness (QED) is 0.157. The number of benzene rings is 3. The SMILES string of the molecule is CC1(C)[C@H](NC(=O)c2c(F)cc(N3CCN(CCCCCOc4ccc5c(c4)C(=O)N(C4CCC(=O)NC4=O)C5=O)CC3)cc2F)C(C)(C)[C@H]1Oc1ccc(C#N)c(Cl)c1. The molecule has 0 spiro atoms. The number of fused-ring (bicyclic) bond motifs is 1. The second-order valence-corrected chi connectivity index (χ2v) is 17.4. The molecule has 5 amide bonds. The van der Waals surface area contributed by atoms with E-state index < -0.39 is 69.6 Å². The van der Waals surface area contributed by atoms with E-state index in [9.17, 15) is 29.2 Å². The Balaban J connectivity index is 0.840. The molecular weight excluding hydrogens is 798 g/mol. The lowest BCUT2D eigenvalue weighted by Gasteiger charge is -2.63. The highest BCUT2D eigenvalue weighted by atomic mass is 35.5. The Morgan fingerprint density at radius 1 is 0.900 bits per heavy atom. The molecule has 3 aromatic rings. The molecule has 0 radical (unpaired) electrons. The van der Waals surface area contributed by atoms with Gasteiger partial charge >= 0.3 is 0 Å². The van der Waals surface area contributed by atoms with Crippen molar-refractivity contribution in [3.8, 4) is 17.6 Å². The van der Waals surface area contributed by atoms with Crippen LogP contribution in [-0.2, 0) is 9.59 Å². The van der Waals surface area contributed by atoms with Crippen LogP contribution in [0.25, 0.3) is 0 Å². The zero-order chi connectivity index (χ0) is 43.1. The van der Waals surface area contributed by atoms with E-state index in [1.165, 1.54) is 24.3 Å². The summed E-state index contributed by atoms with van der Waals surface area (Å²) in [6.45, 7) is 11.4. The monoisotopic (exact) mass is 844 g/mol. The summed E-state index contributed by atoms with van der Waals surface area (Å²) < 4.78 is 43.2. The molecule has 3 aromatic carbocycles. The molecule has 1 aliphatic carbocycles. The Bertz CT molecular complexity index is 2250. The highest BCUT2D eigenvalue weighted by Gasteiger charge is 2.64. The van der Waals surface area contributed by atoms with Crippen LogP contribution in [0.4, 0.5) is 14.5 Å². The number of piperazine rings is 1. The number of imide groups is 2. The van der Waals surface area contributed by atoms with E-state index in [4.69, 9.17) is 21.1 Å². The topological polar surface area (TPSA) is 161 Å². The minimum absolute atomic E-state index is 0.0494. The van der Waals surface area contributed by atoms with Crippen molar-refractivity contribution in [2.45, 2.75) is 78.0 Å². The number of rotatable bonds is 13. The molecule has 3 heterocycles. The lowest BCUT2D eigenvalue weighted by molar-refractivity contribution is -0.164. The van der Waals surface area contributed by atoms with Crippen LogP contribution in [0.2, 0.25) is 5.02 Å². The van der Waals surface area contributed by atoms with Gasteiger partial charge in [0.1, 0.15) is 46.9 Å². The molecule has 13 nitrogen and oxygen atoms in total. The molecular formula is C44H47ClF2N6O7. The van der Waals surface area contributed by atoms with E-state index in [1.807, 2.05) is 38.7 Å². The number of nitriles is 1. The van der Waals surface area contributed by atoms with Crippen LogP contribution in [-0.4, -0.2) is 96.9 Å². The van der Waals surface area contributed by atoms with Gasteiger partial charge < -0.3 is 19.7 Å². The van der Waals surface area contributed by atoms with Crippen LogP contribution in [0.15, 0.2) is 48.5 Å². The van der Waals surface area contributed by atoms with Crippen LogP contribution in [0.1, 0.15) is 96.4 Å². The molecule has 1 unspecified atom stereocenters. The van der Waals surface area contributed by atoms with Gasteiger partial charge in [-0.3, -0.25) is 39.1 Å². The summed E-state index contributed by atoms with van der Waals surface area (Å²) in [4.78, 5) is 68.4. The summed E-state index contributed by atoms with van der Waals surface area (Å²) in [5, 5.41) is 14.5. The maximum absolute atomic E-state index is 15.5. The minimum Gasteiger partial charge on any atom is -0.494 e. The predicted octanol–water partition coefficient (Wildman–Crippen LogP) is 5.87. The van der Waals surface area contributed by atoms with Crippen molar-refractivity contribution in [3.05, 3.63) is 87.4 Å². The number of anilines is 1. The molecule has 7 rings (SSSR count). The summed E-state index contributed by atoms with van der Waals surface area (Å²) in [5.74, 6) is -4.03.